The van der Waals surface area contributed by atoms with E-state index in [9.17, 15) is 25.0 Å². The zero-order valence-electron chi connectivity index (χ0n) is 8.92. The molecule has 0 aromatic heterocycles. The van der Waals surface area contributed by atoms with E-state index in [-0.39, 0.29) is 15.7 Å². The van der Waals surface area contributed by atoms with Gasteiger partial charge in [0.25, 0.3) is 5.69 Å². The van der Waals surface area contributed by atoms with Crippen molar-refractivity contribution in [1.29, 1.82) is 0 Å². The van der Waals surface area contributed by atoms with Crippen molar-refractivity contribution < 1.29 is 14.6 Å². The van der Waals surface area contributed by atoms with Crippen LogP contribution in [0.1, 0.15) is 16.8 Å². The van der Waals surface area contributed by atoms with Gasteiger partial charge in [-0.15, -0.1) is 0 Å². The lowest BCUT2D eigenvalue weighted by atomic mass is 10.0. The first kappa shape index (κ1) is 13.7. The van der Waals surface area contributed by atoms with Gasteiger partial charge >= 0.3 is 5.84 Å². The van der Waals surface area contributed by atoms with Gasteiger partial charge in [-0.3, -0.25) is 14.9 Å². The molecule has 1 aromatic rings. The first-order chi connectivity index (χ1) is 8.82. The number of hydrogen-bond donors (Lipinski definition) is 0. The van der Waals surface area contributed by atoms with E-state index in [0.29, 0.717) is 4.47 Å². The standard InChI is InChI=1S/C9H3Br2N3O5/c10-3-1-4-7(9(8(3)11)14(18)19)5(15)2-6(12-4)13(16)17/h1H,2H2. The summed E-state index contributed by atoms with van der Waals surface area (Å²) in [6.45, 7) is 0. The number of halogens is 2. The van der Waals surface area contributed by atoms with Crippen LogP contribution in [0.4, 0.5) is 11.4 Å². The number of fused-ring (bicyclic) bond motifs is 1. The lowest BCUT2D eigenvalue weighted by molar-refractivity contribution is -0.386. The van der Waals surface area contributed by atoms with Gasteiger partial charge in [-0.1, -0.05) is 0 Å². The van der Waals surface area contributed by atoms with E-state index in [1.54, 1.807) is 0 Å². The molecule has 1 aromatic carbocycles. The predicted octanol–water partition coefficient (Wildman–Crippen LogP) is 3.01. The van der Waals surface area contributed by atoms with Crippen molar-refractivity contribution in [3.8, 4) is 0 Å². The third-order valence-electron chi connectivity index (χ3n) is 2.41. The fourth-order valence-corrected chi connectivity index (χ4v) is 2.51. The molecule has 1 heterocycles. The van der Waals surface area contributed by atoms with Crippen molar-refractivity contribution >= 4 is 54.9 Å². The van der Waals surface area contributed by atoms with Crippen LogP contribution in [-0.2, 0) is 0 Å². The minimum atomic E-state index is -0.775. The van der Waals surface area contributed by atoms with Crippen molar-refractivity contribution in [3.05, 3.63) is 40.8 Å². The topological polar surface area (TPSA) is 116 Å². The normalized spacial score (nSPS) is 13.8. The highest BCUT2D eigenvalue weighted by atomic mass is 79.9. The molecule has 0 fully saturated rings. The smallest absolute Gasteiger partial charge is 0.347 e. The number of carbonyl (C=O) groups excluding carboxylic acids is 1. The second-order valence-corrected chi connectivity index (χ2v) is 5.20. The molecule has 0 radical (unpaired) electrons. The lowest BCUT2D eigenvalue weighted by Gasteiger charge is -2.09. The molecule has 19 heavy (non-hydrogen) atoms. The Labute approximate surface area is 122 Å². The van der Waals surface area contributed by atoms with Crippen LogP contribution in [-0.4, -0.2) is 21.5 Å². The Morgan fingerprint density at radius 2 is 1.84 bits per heavy atom. The molecule has 1 aliphatic heterocycles. The van der Waals surface area contributed by atoms with Gasteiger partial charge in [0.15, 0.2) is 11.5 Å². The van der Waals surface area contributed by atoms with E-state index < -0.39 is 33.6 Å². The van der Waals surface area contributed by atoms with Crippen molar-refractivity contribution in [1.82, 2.24) is 0 Å². The fourth-order valence-electron chi connectivity index (χ4n) is 1.65. The van der Waals surface area contributed by atoms with Crippen LogP contribution in [0, 0.1) is 20.2 Å². The summed E-state index contributed by atoms with van der Waals surface area (Å²) >= 11 is 6.08. The summed E-state index contributed by atoms with van der Waals surface area (Å²) in [5.41, 5.74) is -0.740. The molecule has 0 saturated carbocycles. The molecule has 98 valence electrons. The first-order valence-electron chi connectivity index (χ1n) is 4.74. The number of aliphatic imine (C=N–C) groups is 1. The summed E-state index contributed by atoms with van der Waals surface area (Å²) in [4.78, 5) is 35.7. The third kappa shape index (κ3) is 2.28. The molecular weight excluding hydrogens is 390 g/mol. The molecule has 1 aliphatic rings. The van der Waals surface area contributed by atoms with Crippen molar-refractivity contribution in [2.75, 3.05) is 0 Å². The minimum Gasteiger partial charge on any atom is -0.358 e. The summed E-state index contributed by atoms with van der Waals surface area (Å²) in [5.74, 6) is -1.22. The maximum atomic E-state index is 11.9. The van der Waals surface area contributed by atoms with E-state index >= 15 is 0 Å². The van der Waals surface area contributed by atoms with E-state index in [0.717, 1.165) is 0 Å². The number of nitro benzene ring substituents is 1. The number of amidine groups is 1. The third-order valence-corrected chi connectivity index (χ3v) is 4.37. The number of ketones is 1. The van der Waals surface area contributed by atoms with E-state index in [2.05, 4.69) is 36.9 Å². The van der Waals surface area contributed by atoms with Gasteiger partial charge in [0.2, 0.25) is 0 Å². The number of benzene rings is 1. The van der Waals surface area contributed by atoms with Crippen LogP contribution in [0.2, 0.25) is 0 Å². The quantitative estimate of drug-likeness (QED) is 0.537. The Morgan fingerprint density at radius 3 is 2.37 bits per heavy atom. The first-order valence-corrected chi connectivity index (χ1v) is 6.33. The molecule has 8 nitrogen and oxygen atoms in total. The Hall–Kier alpha value is -1.68. The van der Waals surface area contributed by atoms with Gasteiger partial charge in [-0.05, 0) is 41.8 Å². The number of nitrogens with zero attached hydrogens (tertiary/aromatic N) is 3. The van der Waals surface area contributed by atoms with Crippen LogP contribution in [0.3, 0.4) is 0 Å². The molecule has 0 N–H and O–H groups in total. The summed E-state index contributed by atoms with van der Waals surface area (Å²) in [6, 6.07) is 1.33. The zero-order chi connectivity index (χ0) is 14.3. The molecule has 0 atom stereocenters. The summed E-state index contributed by atoms with van der Waals surface area (Å²) < 4.78 is 0.392. The number of carbonyl (C=O) groups is 1. The van der Waals surface area contributed by atoms with E-state index in [4.69, 9.17) is 0 Å². The highest BCUT2D eigenvalue weighted by Gasteiger charge is 2.37. The summed E-state index contributed by atoms with van der Waals surface area (Å²) in [6.07, 6.45) is -0.561. The van der Waals surface area contributed by atoms with Crippen molar-refractivity contribution in [2.45, 2.75) is 6.42 Å². The molecule has 0 bridgehead atoms. The van der Waals surface area contributed by atoms with E-state index in [1.807, 2.05) is 0 Å². The average molecular weight is 393 g/mol. The highest BCUT2D eigenvalue weighted by Crippen LogP contribution is 2.43. The van der Waals surface area contributed by atoms with Gasteiger partial charge < -0.3 is 10.1 Å². The van der Waals surface area contributed by atoms with E-state index in [1.165, 1.54) is 6.07 Å². The molecule has 0 saturated heterocycles. The fraction of sp³-hybridized carbons (Fsp3) is 0.111. The molecule has 0 spiro atoms. The maximum Gasteiger partial charge on any atom is 0.347 e. The Kier molecular flexibility index (Phi) is 3.45. The van der Waals surface area contributed by atoms with Crippen LogP contribution in [0.5, 0.6) is 0 Å². The number of Topliss-reactive ketones (excluding diaryl/α,β-unsaturated/α-hetero) is 1. The van der Waals surface area contributed by atoms with Crippen LogP contribution in [0.15, 0.2) is 20.0 Å². The minimum absolute atomic E-state index is 0.0790. The highest BCUT2D eigenvalue weighted by molar-refractivity contribution is 9.13. The zero-order valence-corrected chi connectivity index (χ0v) is 12.1. The molecule has 0 aliphatic carbocycles. The maximum absolute atomic E-state index is 11.9. The average Bonchev–Trinajstić information content (AvgIpc) is 2.30. The Morgan fingerprint density at radius 1 is 1.21 bits per heavy atom. The largest absolute Gasteiger partial charge is 0.358 e. The Balaban J connectivity index is 2.81. The summed E-state index contributed by atoms with van der Waals surface area (Å²) in [5, 5.41) is 21.7. The van der Waals surface area contributed by atoms with Crippen LogP contribution in [0.25, 0.3) is 0 Å². The predicted molar refractivity (Wildman–Crippen MR) is 71.5 cm³/mol. The molecule has 10 heteroatoms. The lowest BCUT2D eigenvalue weighted by Crippen LogP contribution is -2.21. The van der Waals surface area contributed by atoms with Gasteiger partial charge in [0, 0.05) is 10.5 Å². The van der Waals surface area contributed by atoms with Gasteiger partial charge in [-0.2, -0.15) is 0 Å². The summed E-state index contributed by atoms with van der Waals surface area (Å²) in [7, 11) is 0. The number of rotatable bonds is 1. The molecule has 0 unspecified atom stereocenters. The number of nitro groups is 2. The monoisotopic (exact) mass is 391 g/mol. The van der Waals surface area contributed by atoms with Gasteiger partial charge in [0.1, 0.15) is 16.5 Å². The second-order valence-electron chi connectivity index (χ2n) is 3.56. The molecule has 0 amide bonds. The SMILES string of the molecule is O=C1CC([N+](=O)[O-])=Nc2cc(Br)c(Br)c([N+](=O)[O-])c21. The Bertz CT molecular complexity index is 670. The van der Waals surface area contributed by atoms with Gasteiger partial charge in [0.05, 0.1) is 4.92 Å². The second kappa shape index (κ2) is 4.78. The van der Waals surface area contributed by atoms with Crippen molar-refractivity contribution in [3.63, 3.8) is 0 Å². The van der Waals surface area contributed by atoms with Gasteiger partial charge in [-0.25, -0.2) is 0 Å². The van der Waals surface area contributed by atoms with Crippen LogP contribution >= 0.6 is 31.9 Å². The molecule has 2 rings (SSSR count). The van der Waals surface area contributed by atoms with Crippen molar-refractivity contribution in [2.24, 2.45) is 4.99 Å². The molecular formula is C9H3Br2N3O5. The number of hydrogen-bond acceptors (Lipinski definition) is 6. The van der Waals surface area contributed by atoms with Crippen LogP contribution < -0.4 is 0 Å².